The molecule has 0 amide bonds. The third kappa shape index (κ3) is 3.96. The normalized spacial score (nSPS) is 20.4. The van der Waals surface area contributed by atoms with Gasteiger partial charge in [-0.05, 0) is 33.8 Å². The lowest BCUT2D eigenvalue weighted by atomic mass is 10.1. The summed E-state index contributed by atoms with van der Waals surface area (Å²) in [5.74, 6) is 0. The van der Waals surface area contributed by atoms with Crippen molar-refractivity contribution >= 4 is 12.2 Å². The van der Waals surface area contributed by atoms with Crippen molar-refractivity contribution in [2.75, 3.05) is 19.8 Å². The van der Waals surface area contributed by atoms with Crippen molar-refractivity contribution in [3.05, 3.63) is 44.7 Å². The molecule has 4 nitrogen and oxygen atoms in total. The predicted molar refractivity (Wildman–Crippen MR) is 101 cm³/mol. The molecule has 1 aliphatic rings. The van der Waals surface area contributed by atoms with Crippen LogP contribution in [0, 0.1) is 0 Å². The first-order valence-corrected chi connectivity index (χ1v) is 8.99. The molecule has 1 fully saturated rings. The Morgan fingerprint density at radius 2 is 2.08 bits per heavy atom. The third-order valence-corrected chi connectivity index (χ3v) is 4.78. The summed E-state index contributed by atoms with van der Waals surface area (Å²) in [5, 5.41) is 0.926. The molecule has 1 atom stereocenters. The van der Waals surface area contributed by atoms with E-state index in [1.165, 1.54) is 12.2 Å². The van der Waals surface area contributed by atoms with Crippen LogP contribution in [0.25, 0.3) is 12.2 Å². The second-order valence-corrected chi connectivity index (χ2v) is 6.84. The first-order valence-electron chi connectivity index (χ1n) is 8.99. The third-order valence-electron chi connectivity index (χ3n) is 4.78. The van der Waals surface area contributed by atoms with E-state index in [9.17, 15) is 13.6 Å². The van der Waals surface area contributed by atoms with E-state index >= 15 is 0 Å². The number of alkyl halides is 2. The van der Waals surface area contributed by atoms with Gasteiger partial charge in [-0.2, -0.15) is 0 Å². The number of morpholine rings is 1. The number of hydrogen-bond acceptors (Lipinski definition) is 3. The fraction of sp³-hybridized carbons (Fsp3) is 0.550. The molecule has 1 aromatic rings. The summed E-state index contributed by atoms with van der Waals surface area (Å²) in [7, 11) is 0. The van der Waals surface area contributed by atoms with Gasteiger partial charge in [-0.3, -0.25) is 9.69 Å². The fourth-order valence-corrected chi connectivity index (χ4v) is 3.54. The van der Waals surface area contributed by atoms with Crippen molar-refractivity contribution in [1.82, 2.24) is 9.47 Å². The molecule has 0 aliphatic carbocycles. The van der Waals surface area contributed by atoms with E-state index in [0.29, 0.717) is 37.3 Å². The van der Waals surface area contributed by atoms with E-state index in [4.69, 9.17) is 4.74 Å². The molecule has 0 N–H and O–H groups in total. The summed E-state index contributed by atoms with van der Waals surface area (Å²) in [6.45, 7) is 13.4. The fourth-order valence-electron chi connectivity index (χ4n) is 3.54. The number of halogens is 2. The van der Waals surface area contributed by atoms with Crippen molar-refractivity contribution in [2.45, 2.75) is 52.7 Å². The number of pyridine rings is 1. The second kappa shape index (κ2) is 8.73. The molecule has 1 unspecified atom stereocenters. The maximum absolute atomic E-state index is 13.9. The smallest absolute Gasteiger partial charge is 0.269 e. The van der Waals surface area contributed by atoms with Crippen molar-refractivity contribution in [3.8, 4) is 0 Å². The molecule has 1 aromatic heterocycles. The lowest BCUT2D eigenvalue weighted by molar-refractivity contribution is -0.00624. The minimum absolute atomic E-state index is 0.0670. The summed E-state index contributed by atoms with van der Waals surface area (Å²) in [6, 6.07) is 0.0427. The van der Waals surface area contributed by atoms with Crippen LogP contribution in [0.15, 0.2) is 17.4 Å². The van der Waals surface area contributed by atoms with Gasteiger partial charge < -0.3 is 9.30 Å². The van der Waals surface area contributed by atoms with Crippen molar-refractivity contribution in [1.29, 1.82) is 0 Å². The van der Waals surface area contributed by atoms with Gasteiger partial charge in [0, 0.05) is 41.4 Å². The highest BCUT2D eigenvalue weighted by Gasteiger charge is 2.27. The highest BCUT2D eigenvalue weighted by molar-refractivity contribution is 5.40. The van der Waals surface area contributed by atoms with Crippen molar-refractivity contribution in [3.63, 3.8) is 0 Å². The molecule has 0 aromatic carbocycles. The van der Waals surface area contributed by atoms with E-state index in [1.54, 1.807) is 6.08 Å². The molecule has 144 valence electrons. The van der Waals surface area contributed by atoms with Gasteiger partial charge in [0.15, 0.2) is 5.43 Å². The van der Waals surface area contributed by atoms with E-state index in [-0.39, 0.29) is 17.3 Å². The highest BCUT2D eigenvalue weighted by atomic mass is 19.3. The van der Waals surface area contributed by atoms with Gasteiger partial charge in [-0.1, -0.05) is 18.7 Å². The first-order chi connectivity index (χ1) is 12.3. The molecule has 0 radical (unpaired) electrons. The largest absolute Gasteiger partial charge is 0.379 e. The Hall–Kier alpha value is -1.79. The topological polar surface area (TPSA) is 34.5 Å². The number of aromatic nitrogens is 1. The number of rotatable bonds is 5. The summed E-state index contributed by atoms with van der Waals surface area (Å²) in [5.41, 5.74) is -0.625. The highest BCUT2D eigenvalue weighted by Crippen LogP contribution is 2.22. The number of hydrogen-bond donors (Lipinski definition) is 0. The lowest BCUT2D eigenvalue weighted by Crippen LogP contribution is -2.51. The lowest BCUT2D eigenvalue weighted by Gasteiger charge is -2.35. The van der Waals surface area contributed by atoms with Crippen LogP contribution in [-0.2, 0) is 11.3 Å². The number of ether oxygens (including phenoxy) is 1. The Balaban J connectivity index is 2.84. The van der Waals surface area contributed by atoms with Crippen LogP contribution in [0.5, 0.6) is 0 Å². The monoisotopic (exact) mass is 366 g/mol. The van der Waals surface area contributed by atoms with Gasteiger partial charge in [0.1, 0.15) is 0 Å². The Morgan fingerprint density at radius 1 is 1.38 bits per heavy atom. The molecule has 0 saturated carbocycles. The SMILES string of the molecule is C=C/C=c1/c(=O)c(C(F)F)c(CN2CCOCC2C)n(C(C)C)/c1=C/C. The zero-order chi connectivity index (χ0) is 19.4. The first kappa shape index (κ1) is 20.5. The van der Waals surface area contributed by atoms with E-state index < -0.39 is 17.4 Å². The van der Waals surface area contributed by atoms with Gasteiger partial charge in [-0.15, -0.1) is 0 Å². The number of nitrogens with zero attached hydrogens (tertiary/aromatic N) is 2. The zero-order valence-electron chi connectivity index (χ0n) is 16.0. The Kier molecular flexibility index (Phi) is 6.89. The van der Waals surface area contributed by atoms with Crippen LogP contribution in [0.1, 0.15) is 51.4 Å². The zero-order valence-corrected chi connectivity index (χ0v) is 16.0. The van der Waals surface area contributed by atoms with E-state index in [2.05, 4.69) is 11.5 Å². The molecule has 0 bridgehead atoms. The Bertz CT molecular complexity index is 828. The van der Waals surface area contributed by atoms with Crippen LogP contribution in [-0.4, -0.2) is 35.3 Å². The van der Waals surface area contributed by atoms with Gasteiger partial charge in [-0.25, -0.2) is 8.78 Å². The average Bonchev–Trinajstić information content (AvgIpc) is 2.58. The average molecular weight is 366 g/mol. The Labute approximate surface area is 153 Å². The summed E-state index contributed by atoms with van der Waals surface area (Å²) < 4.78 is 35.2. The molecular formula is C20H28F2N2O2. The second-order valence-electron chi connectivity index (χ2n) is 6.84. The van der Waals surface area contributed by atoms with Gasteiger partial charge in [0.05, 0.1) is 18.8 Å². The molecule has 6 heteroatoms. The molecule has 2 heterocycles. The van der Waals surface area contributed by atoms with Crippen molar-refractivity contribution in [2.24, 2.45) is 0 Å². The molecule has 1 saturated heterocycles. The quantitative estimate of drug-likeness (QED) is 0.802. The molecular weight excluding hydrogens is 338 g/mol. The molecule has 0 spiro atoms. The predicted octanol–water partition coefficient (Wildman–Crippen LogP) is 2.35. The van der Waals surface area contributed by atoms with Crippen molar-refractivity contribution < 1.29 is 13.5 Å². The maximum Gasteiger partial charge on any atom is 0.269 e. The van der Waals surface area contributed by atoms with Gasteiger partial charge >= 0.3 is 0 Å². The minimum Gasteiger partial charge on any atom is -0.379 e. The van der Waals surface area contributed by atoms with Crippen LogP contribution in [0.4, 0.5) is 8.78 Å². The molecule has 1 aliphatic heterocycles. The van der Waals surface area contributed by atoms with E-state index in [0.717, 1.165) is 0 Å². The molecule has 26 heavy (non-hydrogen) atoms. The maximum atomic E-state index is 13.9. The van der Waals surface area contributed by atoms with E-state index in [1.807, 2.05) is 32.3 Å². The molecule has 2 rings (SSSR count). The van der Waals surface area contributed by atoms with Gasteiger partial charge in [0.2, 0.25) is 0 Å². The summed E-state index contributed by atoms with van der Waals surface area (Å²) in [6.07, 6.45) is 1.96. The van der Waals surface area contributed by atoms with Gasteiger partial charge in [0.25, 0.3) is 6.43 Å². The summed E-state index contributed by atoms with van der Waals surface area (Å²) in [4.78, 5) is 15.0. The van der Waals surface area contributed by atoms with Crippen LogP contribution < -0.4 is 16.0 Å². The standard InChI is InChI=1S/C20H28F2N2O2/c1-6-8-15-16(7-2)24(13(3)4)17(18(19(15)25)20(21)22)11-23-9-10-26-12-14(23)5/h6-8,13-14,20H,1,9-12H2,2-5H3/b15-8+,16-7+. The van der Waals surface area contributed by atoms with Crippen LogP contribution in [0.2, 0.25) is 0 Å². The van der Waals surface area contributed by atoms with Crippen LogP contribution >= 0.6 is 0 Å². The Morgan fingerprint density at radius 3 is 2.58 bits per heavy atom. The summed E-state index contributed by atoms with van der Waals surface area (Å²) >= 11 is 0. The minimum atomic E-state index is -2.83. The van der Waals surface area contributed by atoms with Crippen LogP contribution in [0.3, 0.4) is 0 Å². The number of allylic oxidation sites excluding steroid dienone is 1.